The second-order valence-corrected chi connectivity index (χ2v) is 6.38. The molecule has 0 spiro atoms. The van der Waals surface area contributed by atoms with Crippen LogP contribution in [0.1, 0.15) is 58.8 Å². The Kier molecular flexibility index (Phi) is 3.61. The van der Waals surface area contributed by atoms with E-state index in [1.165, 1.54) is 63.7 Å². The summed E-state index contributed by atoms with van der Waals surface area (Å²) in [6, 6.07) is 0. The average molecular weight is 221 g/mol. The van der Waals surface area contributed by atoms with Gasteiger partial charge in [-0.2, -0.15) is 0 Å². The number of nitrogens with zero attached hydrogens (tertiary/aromatic N) is 1. The first kappa shape index (κ1) is 12.0. The van der Waals surface area contributed by atoms with Crippen molar-refractivity contribution in [1.82, 2.24) is 4.90 Å². The fraction of sp³-hybridized carbons (Fsp3) is 0.867. The van der Waals surface area contributed by atoms with Crippen LogP contribution in [0.3, 0.4) is 0 Å². The van der Waals surface area contributed by atoms with E-state index in [1.54, 1.807) is 0 Å². The molecule has 1 aliphatic heterocycles. The number of hydrogen-bond acceptors (Lipinski definition) is 1. The Morgan fingerprint density at radius 1 is 1.19 bits per heavy atom. The van der Waals surface area contributed by atoms with E-state index in [-0.39, 0.29) is 0 Å². The third kappa shape index (κ3) is 2.61. The summed E-state index contributed by atoms with van der Waals surface area (Å²) in [5.74, 6) is 0.944. The van der Waals surface area contributed by atoms with Gasteiger partial charge >= 0.3 is 0 Å². The molecule has 0 bridgehead atoms. The largest absolute Gasteiger partial charge is 0.375 e. The van der Waals surface area contributed by atoms with Crippen molar-refractivity contribution in [3.05, 3.63) is 12.3 Å². The molecule has 1 nitrogen and oxygen atoms in total. The van der Waals surface area contributed by atoms with Crippen LogP contribution >= 0.6 is 0 Å². The van der Waals surface area contributed by atoms with Gasteiger partial charge in [0.2, 0.25) is 0 Å². The summed E-state index contributed by atoms with van der Waals surface area (Å²) in [6.07, 6.45) is 9.92. The van der Waals surface area contributed by atoms with E-state index >= 15 is 0 Å². The van der Waals surface area contributed by atoms with Crippen LogP contribution in [0.4, 0.5) is 0 Å². The maximum atomic E-state index is 4.34. The molecule has 16 heavy (non-hydrogen) atoms. The van der Waals surface area contributed by atoms with E-state index in [0.29, 0.717) is 5.41 Å². The van der Waals surface area contributed by atoms with Crippen LogP contribution in [0.2, 0.25) is 0 Å². The Morgan fingerprint density at radius 3 is 2.56 bits per heavy atom. The first-order chi connectivity index (χ1) is 7.59. The molecule has 92 valence electrons. The van der Waals surface area contributed by atoms with Crippen molar-refractivity contribution in [2.75, 3.05) is 13.1 Å². The molecule has 0 N–H and O–H groups in total. The molecule has 1 saturated heterocycles. The molecule has 0 radical (unpaired) electrons. The average Bonchev–Trinajstić information content (AvgIpc) is 2.26. The lowest BCUT2D eigenvalue weighted by Gasteiger charge is -2.43. The molecule has 0 atom stereocenters. The van der Waals surface area contributed by atoms with E-state index < -0.39 is 0 Å². The van der Waals surface area contributed by atoms with Gasteiger partial charge in [-0.1, -0.05) is 39.7 Å². The molecule has 1 saturated carbocycles. The number of rotatable bonds is 2. The van der Waals surface area contributed by atoms with Gasteiger partial charge < -0.3 is 4.90 Å². The smallest absolute Gasteiger partial charge is 0.0203 e. The predicted molar refractivity (Wildman–Crippen MR) is 70.3 cm³/mol. The number of likely N-dealkylation sites (tertiary alicyclic amines) is 1. The van der Waals surface area contributed by atoms with Crippen LogP contribution in [-0.4, -0.2) is 18.0 Å². The van der Waals surface area contributed by atoms with Gasteiger partial charge in [-0.05, 0) is 31.6 Å². The van der Waals surface area contributed by atoms with Crippen LogP contribution in [0.25, 0.3) is 0 Å². The highest BCUT2D eigenvalue weighted by Crippen LogP contribution is 2.38. The molecule has 2 rings (SSSR count). The van der Waals surface area contributed by atoms with Crippen molar-refractivity contribution in [2.24, 2.45) is 11.3 Å². The van der Waals surface area contributed by atoms with Crippen molar-refractivity contribution in [1.29, 1.82) is 0 Å². The summed E-state index contributed by atoms with van der Waals surface area (Å²) in [5, 5.41) is 0. The summed E-state index contributed by atoms with van der Waals surface area (Å²) < 4.78 is 0. The minimum atomic E-state index is 0.340. The zero-order valence-corrected chi connectivity index (χ0v) is 11.1. The summed E-state index contributed by atoms with van der Waals surface area (Å²) in [4.78, 5) is 2.58. The second kappa shape index (κ2) is 4.81. The zero-order chi connectivity index (χ0) is 11.6. The SMILES string of the molecule is C=C1N(CC2CCCCC2)CCCC1(C)C. The van der Waals surface area contributed by atoms with E-state index in [9.17, 15) is 0 Å². The molecule has 1 heterocycles. The Morgan fingerprint density at radius 2 is 1.88 bits per heavy atom. The summed E-state index contributed by atoms with van der Waals surface area (Å²) in [6.45, 7) is 11.6. The molecule has 2 aliphatic rings. The third-order valence-electron chi connectivity index (χ3n) is 4.60. The molecule has 1 aliphatic carbocycles. The van der Waals surface area contributed by atoms with Crippen LogP contribution < -0.4 is 0 Å². The summed E-state index contributed by atoms with van der Waals surface area (Å²) in [5.41, 5.74) is 1.73. The summed E-state index contributed by atoms with van der Waals surface area (Å²) in [7, 11) is 0. The van der Waals surface area contributed by atoms with Gasteiger partial charge in [-0.3, -0.25) is 0 Å². The maximum absolute atomic E-state index is 4.34. The molecule has 0 amide bonds. The van der Waals surface area contributed by atoms with Crippen molar-refractivity contribution in [3.63, 3.8) is 0 Å². The lowest BCUT2D eigenvalue weighted by Crippen LogP contribution is -2.40. The second-order valence-electron chi connectivity index (χ2n) is 6.38. The molecule has 1 heteroatoms. The standard InChI is InChI=1S/C15H27N/c1-13-15(2,3)10-7-11-16(13)12-14-8-5-4-6-9-14/h14H,1,4-12H2,2-3H3. The molecule has 0 unspecified atom stereocenters. The van der Waals surface area contributed by atoms with E-state index in [0.717, 1.165) is 5.92 Å². The van der Waals surface area contributed by atoms with Gasteiger partial charge in [-0.15, -0.1) is 0 Å². The fourth-order valence-electron chi connectivity index (χ4n) is 3.30. The number of piperidine rings is 1. The molecular weight excluding hydrogens is 194 g/mol. The molecular formula is C15H27N. The van der Waals surface area contributed by atoms with Gasteiger partial charge in [0.05, 0.1) is 0 Å². The number of allylic oxidation sites excluding steroid dienone is 1. The minimum absolute atomic E-state index is 0.340. The van der Waals surface area contributed by atoms with Crippen molar-refractivity contribution >= 4 is 0 Å². The van der Waals surface area contributed by atoms with Gasteiger partial charge in [0.1, 0.15) is 0 Å². The van der Waals surface area contributed by atoms with E-state index in [1.807, 2.05) is 0 Å². The molecule has 0 aromatic carbocycles. The van der Waals surface area contributed by atoms with Crippen LogP contribution in [0, 0.1) is 11.3 Å². The summed E-state index contributed by atoms with van der Waals surface area (Å²) >= 11 is 0. The normalized spacial score (nSPS) is 27.1. The fourth-order valence-corrected chi connectivity index (χ4v) is 3.30. The predicted octanol–water partition coefficient (Wildman–Crippen LogP) is 4.20. The van der Waals surface area contributed by atoms with Crippen LogP contribution in [-0.2, 0) is 0 Å². The Labute approximate surface area is 101 Å². The molecule has 0 aromatic rings. The topological polar surface area (TPSA) is 3.24 Å². The highest BCUT2D eigenvalue weighted by molar-refractivity contribution is 5.09. The van der Waals surface area contributed by atoms with Crippen molar-refractivity contribution < 1.29 is 0 Å². The minimum Gasteiger partial charge on any atom is -0.375 e. The van der Waals surface area contributed by atoms with E-state index in [2.05, 4.69) is 25.3 Å². The Balaban J connectivity index is 1.90. The lowest BCUT2D eigenvalue weighted by molar-refractivity contribution is 0.153. The first-order valence-electron chi connectivity index (χ1n) is 7.04. The zero-order valence-electron chi connectivity index (χ0n) is 11.1. The molecule has 0 aromatic heterocycles. The highest BCUT2D eigenvalue weighted by atomic mass is 15.2. The van der Waals surface area contributed by atoms with Gasteiger partial charge in [-0.25, -0.2) is 0 Å². The van der Waals surface area contributed by atoms with Gasteiger partial charge in [0.15, 0.2) is 0 Å². The van der Waals surface area contributed by atoms with Crippen LogP contribution in [0.5, 0.6) is 0 Å². The quantitative estimate of drug-likeness (QED) is 0.675. The highest BCUT2D eigenvalue weighted by Gasteiger charge is 2.31. The third-order valence-corrected chi connectivity index (χ3v) is 4.60. The van der Waals surface area contributed by atoms with E-state index in [4.69, 9.17) is 0 Å². The monoisotopic (exact) mass is 221 g/mol. The first-order valence-corrected chi connectivity index (χ1v) is 7.04. The Bertz CT molecular complexity index is 248. The maximum Gasteiger partial charge on any atom is 0.0203 e. The van der Waals surface area contributed by atoms with Crippen molar-refractivity contribution in [2.45, 2.75) is 58.8 Å². The van der Waals surface area contributed by atoms with Gasteiger partial charge in [0.25, 0.3) is 0 Å². The van der Waals surface area contributed by atoms with Gasteiger partial charge in [0, 0.05) is 24.2 Å². The van der Waals surface area contributed by atoms with Crippen LogP contribution in [0.15, 0.2) is 12.3 Å². The lowest BCUT2D eigenvalue weighted by atomic mass is 9.80. The number of hydrogen-bond donors (Lipinski definition) is 0. The Hall–Kier alpha value is -0.460. The van der Waals surface area contributed by atoms with Crippen molar-refractivity contribution in [3.8, 4) is 0 Å². The molecule has 2 fully saturated rings.